The largest absolute Gasteiger partial charge is 0.396 e. The Balaban J connectivity index is 1.78. The third kappa shape index (κ3) is 4.70. The fourth-order valence-corrected chi connectivity index (χ4v) is 2.87. The van der Waals surface area contributed by atoms with Crippen molar-refractivity contribution in [1.29, 1.82) is 0 Å². The number of likely N-dealkylation sites (tertiary alicyclic amines) is 1. The molecule has 1 fully saturated rings. The minimum absolute atomic E-state index is 0.0492. The van der Waals surface area contributed by atoms with Crippen LogP contribution >= 0.6 is 0 Å². The number of hydrogen-bond acceptors (Lipinski definition) is 3. The number of amides is 1. The molecule has 1 aromatic rings. The summed E-state index contributed by atoms with van der Waals surface area (Å²) in [7, 11) is 0. The molecule has 0 bridgehead atoms. The first-order valence-corrected chi connectivity index (χ1v) is 7.65. The molecule has 2 rings (SSSR count). The number of carbonyl (C=O) groups excluding carboxylic acids is 1. The summed E-state index contributed by atoms with van der Waals surface area (Å²) in [6.07, 6.45) is 4.86. The molecule has 1 aliphatic rings. The number of rotatable bonds is 5. The van der Waals surface area contributed by atoms with Crippen molar-refractivity contribution in [2.75, 3.05) is 30.7 Å². The van der Waals surface area contributed by atoms with E-state index in [9.17, 15) is 9.18 Å². The van der Waals surface area contributed by atoms with Gasteiger partial charge in [0.15, 0.2) is 0 Å². The first-order chi connectivity index (χ1) is 10.1. The highest BCUT2D eigenvalue weighted by Crippen LogP contribution is 2.21. The highest BCUT2D eigenvalue weighted by atomic mass is 19.1. The van der Waals surface area contributed by atoms with E-state index in [1.807, 2.05) is 0 Å². The van der Waals surface area contributed by atoms with E-state index in [0.29, 0.717) is 12.2 Å². The number of halogens is 1. The molecule has 3 N–H and O–H groups in total. The highest BCUT2D eigenvalue weighted by molar-refractivity contribution is 5.92. The molecule has 0 saturated carbocycles. The van der Waals surface area contributed by atoms with Gasteiger partial charge in [-0.05, 0) is 50.0 Å². The number of carbonyl (C=O) groups is 1. The van der Waals surface area contributed by atoms with Crippen LogP contribution in [-0.4, -0.2) is 30.4 Å². The van der Waals surface area contributed by atoms with Gasteiger partial charge in [-0.3, -0.25) is 9.69 Å². The number of anilines is 2. The average Bonchev–Trinajstić information content (AvgIpc) is 2.45. The van der Waals surface area contributed by atoms with Crippen LogP contribution in [0.5, 0.6) is 0 Å². The Hall–Kier alpha value is -1.62. The lowest BCUT2D eigenvalue weighted by atomic mass is 9.92. The van der Waals surface area contributed by atoms with Crippen LogP contribution in [0.25, 0.3) is 0 Å². The number of nitrogen functional groups attached to an aromatic ring is 1. The zero-order valence-electron chi connectivity index (χ0n) is 12.6. The van der Waals surface area contributed by atoms with Crippen molar-refractivity contribution < 1.29 is 9.18 Å². The second kappa shape index (κ2) is 7.41. The third-order valence-corrected chi connectivity index (χ3v) is 4.05. The summed E-state index contributed by atoms with van der Waals surface area (Å²) in [5.41, 5.74) is 6.08. The minimum Gasteiger partial charge on any atom is -0.396 e. The second-order valence-corrected chi connectivity index (χ2v) is 5.79. The lowest BCUT2D eigenvalue weighted by Gasteiger charge is -2.31. The van der Waals surface area contributed by atoms with Gasteiger partial charge in [-0.2, -0.15) is 0 Å². The molecule has 0 atom stereocenters. The van der Waals surface area contributed by atoms with Gasteiger partial charge in [-0.1, -0.05) is 19.8 Å². The predicted octanol–water partition coefficient (Wildman–Crippen LogP) is 2.86. The summed E-state index contributed by atoms with van der Waals surface area (Å²) in [6.45, 7) is 4.55. The monoisotopic (exact) mass is 293 g/mol. The van der Waals surface area contributed by atoms with Crippen LogP contribution in [0.4, 0.5) is 15.8 Å². The zero-order valence-corrected chi connectivity index (χ0v) is 12.6. The highest BCUT2D eigenvalue weighted by Gasteiger charge is 2.20. The quantitative estimate of drug-likeness (QED) is 0.821. The summed E-state index contributed by atoms with van der Waals surface area (Å²) in [5.74, 6) is 0.271. The topological polar surface area (TPSA) is 58.4 Å². The first kappa shape index (κ1) is 15.8. The van der Waals surface area contributed by atoms with Crippen molar-refractivity contribution in [3.05, 3.63) is 24.0 Å². The molecule has 5 heteroatoms. The van der Waals surface area contributed by atoms with Gasteiger partial charge in [0.2, 0.25) is 5.91 Å². The van der Waals surface area contributed by atoms with Gasteiger partial charge >= 0.3 is 0 Å². The maximum Gasteiger partial charge on any atom is 0.238 e. The van der Waals surface area contributed by atoms with Gasteiger partial charge in [0.1, 0.15) is 5.82 Å². The van der Waals surface area contributed by atoms with E-state index in [1.165, 1.54) is 43.9 Å². The van der Waals surface area contributed by atoms with Crippen LogP contribution < -0.4 is 11.1 Å². The minimum atomic E-state index is -0.467. The van der Waals surface area contributed by atoms with Crippen molar-refractivity contribution in [2.24, 2.45) is 5.92 Å². The molecule has 116 valence electrons. The van der Waals surface area contributed by atoms with E-state index in [-0.39, 0.29) is 11.6 Å². The van der Waals surface area contributed by atoms with E-state index < -0.39 is 5.82 Å². The molecule has 1 heterocycles. The Morgan fingerprint density at radius 1 is 1.43 bits per heavy atom. The molecule has 0 unspecified atom stereocenters. The molecule has 4 nitrogen and oxygen atoms in total. The molecular weight excluding hydrogens is 269 g/mol. The van der Waals surface area contributed by atoms with Crippen molar-refractivity contribution in [3.8, 4) is 0 Å². The number of benzene rings is 1. The molecule has 0 radical (unpaired) electrons. The fourth-order valence-electron chi connectivity index (χ4n) is 2.87. The molecular formula is C16H24FN3O. The molecule has 1 saturated heterocycles. The number of piperidine rings is 1. The Labute approximate surface area is 125 Å². The van der Waals surface area contributed by atoms with Gasteiger partial charge in [0.05, 0.1) is 12.2 Å². The van der Waals surface area contributed by atoms with Crippen LogP contribution in [0.15, 0.2) is 18.2 Å². The molecule has 1 aromatic carbocycles. The van der Waals surface area contributed by atoms with Crippen LogP contribution in [0.2, 0.25) is 0 Å². The Bertz CT molecular complexity index is 484. The first-order valence-electron chi connectivity index (χ1n) is 7.65. The van der Waals surface area contributed by atoms with Gasteiger partial charge in [0, 0.05) is 5.69 Å². The Morgan fingerprint density at radius 2 is 2.14 bits per heavy atom. The van der Waals surface area contributed by atoms with E-state index in [1.54, 1.807) is 0 Å². The number of hydrogen-bond donors (Lipinski definition) is 2. The SMILES string of the molecule is CCCC1CCN(CC(=O)Nc2ccc(F)c(N)c2)CC1. The summed E-state index contributed by atoms with van der Waals surface area (Å²) < 4.78 is 13.1. The molecule has 1 amide bonds. The molecule has 0 aromatic heterocycles. The maximum atomic E-state index is 13.1. The van der Waals surface area contributed by atoms with Gasteiger partial charge < -0.3 is 11.1 Å². The zero-order chi connectivity index (χ0) is 15.2. The van der Waals surface area contributed by atoms with E-state index in [2.05, 4.69) is 17.1 Å². The normalized spacial score (nSPS) is 16.9. The average molecular weight is 293 g/mol. The predicted molar refractivity (Wildman–Crippen MR) is 83.5 cm³/mol. The fraction of sp³-hybridized carbons (Fsp3) is 0.562. The standard InChI is InChI=1S/C16H24FN3O/c1-2-3-12-6-8-20(9-7-12)11-16(21)19-13-4-5-14(17)15(18)10-13/h4-5,10,12H,2-3,6-9,11,18H2,1H3,(H,19,21). The Kier molecular flexibility index (Phi) is 5.56. The van der Waals surface area contributed by atoms with Crippen LogP contribution in [-0.2, 0) is 4.79 Å². The van der Waals surface area contributed by atoms with Crippen molar-refractivity contribution in [3.63, 3.8) is 0 Å². The van der Waals surface area contributed by atoms with Gasteiger partial charge in [-0.15, -0.1) is 0 Å². The van der Waals surface area contributed by atoms with E-state index in [0.717, 1.165) is 19.0 Å². The molecule has 1 aliphatic heterocycles. The third-order valence-electron chi connectivity index (χ3n) is 4.05. The van der Waals surface area contributed by atoms with Gasteiger partial charge in [-0.25, -0.2) is 4.39 Å². The molecule has 0 spiro atoms. The number of nitrogens with zero attached hydrogens (tertiary/aromatic N) is 1. The van der Waals surface area contributed by atoms with E-state index in [4.69, 9.17) is 5.73 Å². The Morgan fingerprint density at radius 3 is 2.76 bits per heavy atom. The van der Waals surface area contributed by atoms with Crippen molar-refractivity contribution >= 4 is 17.3 Å². The smallest absolute Gasteiger partial charge is 0.238 e. The maximum absolute atomic E-state index is 13.1. The molecule has 21 heavy (non-hydrogen) atoms. The number of nitrogens with two attached hydrogens (primary N) is 1. The van der Waals surface area contributed by atoms with Crippen molar-refractivity contribution in [1.82, 2.24) is 4.90 Å². The number of nitrogens with one attached hydrogen (secondary N) is 1. The summed E-state index contributed by atoms with van der Waals surface area (Å²) in [4.78, 5) is 14.2. The lowest BCUT2D eigenvalue weighted by molar-refractivity contribution is -0.117. The van der Waals surface area contributed by atoms with Crippen LogP contribution in [0.1, 0.15) is 32.6 Å². The summed E-state index contributed by atoms with van der Waals surface area (Å²) >= 11 is 0. The lowest BCUT2D eigenvalue weighted by Crippen LogP contribution is -2.39. The molecule has 0 aliphatic carbocycles. The van der Waals surface area contributed by atoms with Crippen LogP contribution in [0.3, 0.4) is 0 Å². The van der Waals surface area contributed by atoms with Gasteiger partial charge in [0.25, 0.3) is 0 Å². The van der Waals surface area contributed by atoms with E-state index >= 15 is 0 Å². The summed E-state index contributed by atoms with van der Waals surface area (Å²) in [5, 5.41) is 2.77. The van der Waals surface area contributed by atoms with Crippen LogP contribution in [0, 0.1) is 11.7 Å². The second-order valence-electron chi connectivity index (χ2n) is 5.79. The summed E-state index contributed by atoms with van der Waals surface area (Å²) in [6, 6.07) is 4.24. The van der Waals surface area contributed by atoms with Crippen molar-refractivity contribution in [2.45, 2.75) is 32.6 Å².